The summed E-state index contributed by atoms with van der Waals surface area (Å²) in [6.45, 7) is 9.64. The number of rotatable bonds is 7. The zero-order chi connectivity index (χ0) is 20.5. The summed E-state index contributed by atoms with van der Waals surface area (Å²) in [7, 11) is 2.18. The fourth-order valence-electron chi connectivity index (χ4n) is 3.31. The second kappa shape index (κ2) is 10.9. The Kier molecular flexibility index (Phi) is 8.02. The van der Waals surface area contributed by atoms with E-state index in [9.17, 15) is 4.39 Å². The molecule has 0 radical (unpaired) electrons. The van der Waals surface area contributed by atoms with Crippen LogP contribution in [0.3, 0.4) is 0 Å². The molecule has 1 saturated heterocycles. The number of guanidine groups is 1. The van der Waals surface area contributed by atoms with Gasteiger partial charge in [0.2, 0.25) is 0 Å². The van der Waals surface area contributed by atoms with Gasteiger partial charge in [0.05, 0.1) is 6.54 Å². The lowest BCUT2D eigenvalue weighted by atomic mass is 10.1. The van der Waals surface area contributed by atoms with Gasteiger partial charge in [0, 0.05) is 45.8 Å². The van der Waals surface area contributed by atoms with Gasteiger partial charge in [-0.3, -0.25) is 4.90 Å². The molecule has 156 valence electrons. The molecule has 5 nitrogen and oxygen atoms in total. The van der Waals surface area contributed by atoms with E-state index in [2.05, 4.69) is 56.7 Å². The van der Waals surface area contributed by atoms with Crippen molar-refractivity contribution >= 4 is 5.96 Å². The van der Waals surface area contributed by atoms with Gasteiger partial charge in [0.25, 0.3) is 0 Å². The lowest BCUT2D eigenvalue weighted by molar-refractivity contribution is 0.148. The molecule has 0 atom stereocenters. The van der Waals surface area contributed by atoms with Gasteiger partial charge < -0.3 is 15.5 Å². The Morgan fingerprint density at radius 3 is 2.17 bits per heavy atom. The number of benzene rings is 2. The second-order valence-electron chi connectivity index (χ2n) is 7.57. The predicted molar refractivity (Wildman–Crippen MR) is 117 cm³/mol. The van der Waals surface area contributed by atoms with Gasteiger partial charge in [-0.05, 0) is 42.8 Å². The van der Waals surface area contributed by atoms with Crippen molar-refractivity contribution in [2.24, 2.45) is 4.99 Å². The van der Waals surface area contributed by atoms with Crippen LogP contribution in [0.15, 0.2) is 53.5 Å². The average Bonchev–Trinajstić information content (AvgIpc) is 2.74. The Bertz CT molecular complexity index is 765. The van der Waals surface area contributed by atoms with Gasteiger partial charge in [-0.1, -0.05) is 36.4 Å². The van der Waals surface area contributed by atoms with Crippen molar-refractivity contribution in [2.45, 2.75) is 26.6 Å². The molecule has 1 heterocycles. The highest BCUT2D eigenvalue weighted by Gasteiger charge is 2.13. The molecule has 0 aromatic heterocycles. The van der Waals surface area contributed by atoms with E-state index in [0.29, 0.717) is 13.1 Å². The molecule has 0 unspecified atom stereocenters. The Labute approximate surface area is 173 Å². The van der Waals surface area contributed by atoms with E-state index in [1.54, 1.807) is 12.1 Å². The summed E-state index contributed by atoms with van der Waals surface area (Å²) in [5, 5.41) is 6.63. The molecule has 0 amide bonds. The molecular formula is C23H32FN5. The van der Waals surface area contributed by atoms with Crippen LogP contribution in [0.4, 0.5) is 4.39 Å². The van der Waals surface area contributed by atoms with Gasteiger partial charge in [-0.25, -0.2) is 9.38 Å². The zero-order valence-electron chi connectivity index (χ0n) is 17.5. The Hall–Kier alpha value is -2.44. The van der Waals surface area contributed by atoms with Gasteiger partial charge in [-0.2, -0.15) is 0 Å². The first-order valence-corrected chi connectivity index (χ1v) is 10.4. The maximum absolute atomic E-state index is 13.0. The molecule has 0 spiro atoms. The van der Waals surface area contributed by atoms with Crippen molar-refractivity contribution in [3.63, 3.8) is 0 Å². The first kappa shape index (κ1) is 21.3. The summed E-state index contributed by atoms with van der Waals surface area (Å²) < 4.78 is 13.0. The molecule has 3 rings (SSSR count). The monoisotopic (exact) mass is 397 g/mol. The number of nitrogens with zero attached hydrogens (tertiary/aromatic N) is 3. The molecule has 1 fully saturated rings. The summed E-state index contributed by atoms with van der Waals surface area (Å²) in [4.78, 5) is 9.48. The number of nitrogens with one attached hydrogen (secondary N) is 2. The highest BCUT2D eigenvalue weighted by atomic mass is 19.1. The van der Waals surface area contributed by atoms with Crippen LogP contribution >= 0.6 is 0 Å². The van der Waals surface area contributed by atoms with Crippen LogP contribution in [0.2, 0.25) is 0 Å². The second-order valence-corrected chi connectivity index (χ2v) is 7.57. The predicted octanol–water partition coefficient (Wildman–Crippen LogP) is 2.83. The van der Waals surface area contributed by atoms with Crippen LogP contribution < -0.4 is 10.6 Å². The van der Waals surface area contributed by atoms with E-state index in [1.807, 2.05) is 6.92 Å². The number of hydrogen-bond donors (Lipinski definition) is 2. The molecule has 2 aromatic rings. The smallest absolute Gasteiger partial charge is 0.191 e. The van der Waals surface area contributed by atoms with E-state index in [-0.39, 0.29) is 5.82 Å². The third-order valence-electron chi connectivity index (χ3n) is 5.16. The van der Waals surface area contributed by atoms with E-state index >= 15 is 0 Å². The third-order valence-corrected chi connectivity index (χ3v) is 5.16. The number of likely N-dealkylation sites (N-methyl/N-ethyl adjacent to an activating group) is 1. The van der Waals surface area contributed by atoms with Crippen LogP contribution in [-0.4, -0.2) is 55.5 Å². The molecule has 0 aliphatic carbocycles. The van der Waals surface area contributed by atoms with Crippen molar-refractivity contribution in [3.05, 3.63) is 71.0 Å². The van der Waals surface area contributed by atoms with E-state index in [4.69, 9.17) is 0 Å². The van der Waals surface area contributed by atoms with Crippen LogP contribution in [-0.2, 0) is 19.6 Å². The molecule has 29 heavy (non-hydrogen) atoms. The molecule has 1 aliphatic rings. The third kappa shape index (κ3) is 7.15. The fraction of sp³-hybridized carbons (Fsp3) is 0.435. The first-order chi connectivity index (χ1) is 14.1. The van der Waals surface area contributed by atoms with Crippen molar-refractivity contribution in [2.75, 3.05) is 39.8 Å². The SMILES string of the molecule is CCNC(=NCc1ccc(F)cc1)NCc1ccc(CN2CCN(C)CC2)cc1. The molecule has 0 saturated carbocycles. The van der Waals surface area contributed by atoms with Gasteiger partial charge >= 0.3 is 0 Å². The maximum atomic E-state index is 13.0. The quantitative estimate of drug-likeness (QED) is 0.557. The molecule has 6 heteroatoms. The lowest BCUT2D eigenvalue weighted by Gasteiger charge is -2.32. The van der Waals surface area contributed by atoms with E-state index in [0.717, 1.165) is 50.8 Å². The summed E-state index contributed by atoms with van der Waals surface area (Å²) in [5.41, 5.74) is 3.56. The zero-order valence-corrected chi connectivity index (χ0v) is 17.5. The van der Waals surface area contributed by atoms with Gasteiger partial charge in [-0.15, -0.1) is 0 Å². The number of piperazine rings is 1. The molecule has 2 aromatic carbocycles. The van der Waals surface area contributed by atoms with Crippen molar-refractivity contribution in [1.82, 2.24) is 20.4 Å². The average molecular weight is 398 g/mol. The summed E-state index contributed by atoms with van der Waals surface area (Å²) in [6.07, 6.45) is 0. The summed E-state index contributed by atoms with van der Waals surface area (Å²) in [6, 6.07) is 15.3. The minimum Gasteiger partial charge on any atom is -0.357 e. The van der Waals surface area contributed by atoms with E-state index < -0.39 is 0 Å². The lowest BCUT2D eigenvalue weighted by Crippen LogP contribution is -2.43. The summed E-state index contributed by atoms with van der Waals surface area (Å²) in [5.74, 6) is 0.539. The number of hydrogen-bond acceptors (Lipinski definition) is 3. The normalized spacial score (nSPS) is 16.0. The molecule has 1 aliphatic heterocycles. The van der Waals surface area contributed by atoms with Crippen molar-refractivity contribution in [3.8, 4) is 0 Å². The minimum atomic E-state index is -0.223. The summed E-state index contributed by atoms with van der Waals surface area (Å²) >= 11 is 0. The Morgan fingerprint density at radius 1 is 0.897 bits per heavy atom. The first-order valence-electron chi connectivity index (χ1n) is 10.4. The van der Waals surface area contributed by atoms with Crippen molar-refractivity contribution < 1.29 is 4.39 Å². The standard InChI is InChI=1S/C23H32FN5/c1-3-25-23(27-17-20-8-10-22(24)11-9-20)26-16-19-4-6-21(7-5-19)18-29-14-12-28(2)13-15-29/h4-11H,3,12-18H2,1-2H3,(H2,25,26,27). The maximum Gasteiger partial charge on any atom is 0.191 e. The number of halogens is 1. The Morgan fingerprint density at radius 2 is 1.52 bits per heavy atom. The van der Waals surface area contributed by atoms with E-state index in [1.165, 1.54) is 23.3 Å². The van der Waals surface area contributed by atoms with Crippen LogP contribution in [0.1, 0.15) is 23.6 Å². The van der Waals surface area contributed by atoms with Crippen LogP contribution in [0.5, 0.6) is 0 Å². The Balaban J connectivity index is 1.50. The fourth-order valence-corrected chi connectivity index (χ4v) is 3.31. The highest BCUT2D eigenvalue weighted by molar-refractivity contribution is 5.79. The molecule has 0 bridgehead atoms. The molecule has 2 N–H and O–H groups in total. The largest absolute Gasteiger partial charge is 0.357 e. The van der Waals surface area contributed by atoms with Gasteiger partial charge in [0.1, 0.15) is 5.82 Å². The highest BCUT2D eigenvalue weighted by Crippen LogP contribution is 2.10. The topological polar surface area (TPSA) is 42.9 Å². The minimum absolute atomic E-state index is 0.223. The van der Waals surface area contributed by atoms with Crippen molar-refractivity contribution in [1.29, 1.82) is 0 Å². The van der Waals surface area contributed by atoms with Crippen LogP contribution in [0.25, 0.3) is 0 Å². The van der Waals surface area contributed by atoms with Gasteiger partial charge in [0.15, 0.2) is 5.96 Å². The van der Waals surface area contributed by atoms with Crippen LogP contribution in [0, 0.1) is 5.82 Å². The molecular weight excluding hydrogens is 365 g/mol. The number of aliphatic imine (C=N–C) groups is 1.